The minimum Gasteiger partial charge on any atom is -0.335 e. The Morgan fingerprint density at radius 1 is 1.35 bits per heavy atom. The normalized spacial score (nSPS) is 28.7. The average molecular weight is 335 g/mol. The fourth-order valence-electron chi connectivity index (χ4n) is 3.64. The van der Waals surface area contributed by atoms with E-state index in [1.165, 1.54) is 4.31 Å². The standard InChI is InChI=1S/C16H21N3O3S/c1-2-12-10-18(11-13-6-3-4-9-17-13)16(20)15-8-5-7-14(12)19(15)23(21)22/h2-4,6,9,12,14-15,23H,1,5,7-8,10-11H2/t12-,14-,15?/m0/s1. The quantitative estimate of drug-likeness (QED) is 0.658. The summed E-state index contributed by atoms with van der Waals surface area (Å²) in [5, 5.41) is 0. The van der Waals surface area contributed by atoms with Gasteiger partial charge in [0, 0.05) is 24.7 Å². The van der Waals surface area contributed by atoms with E-state index in [0.29, 0.717) is 19.5 Å². The summed E-state index contributed by atoms with van der Waals surface area (Å²) in [5.41, 5.74) is 0.804. The second kappa shape index (κ2) is 6.80. The maximum absolute atomic E-state index is 12.9. The zero-order valence-electron chi connectivity index (χ0n) is 12.9. The lowest BCUT2D eigenvalue weighted by atomic mass is 9.90. The van der Waals surface area contributed by atoms with Gasteiger partial charge in [0.25, 0.3) is 0 Å². The first kappa shape index (κ1) is 16.1. The van der Waals surface area contributed by atoms with Crippen molar-refractivity contribution in [3.05, 3.63) is 42.7 Å². The SMILES string of the molecule is C=C[C@H]1CN(Cc2ccccn2)C(=O)C2CCC[C@@H]1N2[SH](=O)=O. The Labute approximate surface area is 137 Å². The first-order valence-electron chi connectivity index (χ1n) is 7.85. The number of piperidine rings is 1. The third-order valence-corrected chi connectivity index (χ3v) is 5.68. The van der Waals surface area contributed by atoms with Gasteiger partial charge in [-0.2, -0.15) is 4.31 Å². The molecule has 6 nitrogen and oxygen atoms in total. The van der Waals surface area contributed by atoms with Crippen molar-refractivity contribution >= 4 is 16.8 Å². The number of amides is 1. The molecule has 0 spiro atoms. The van der Waals surface area contributed by atoms with Crippen molar-refractivity contribution in [3.8, 4) is 0 Å². The molecule has 3 atom stereocenters. The van der Waals surface area contributed by atoms with Crippen LogP contribution in [-0.4, -0.2) is 47.1 Å². The first-order chi connectivity index (χ1) is 11.1. The van der Waals surface area contributed by atoms with E-state index >= 15 is 0 Å². The summed E-state index contributed by atoms with van der Waals surface area (Å²) in [6.07, 6.45) is 5.70. The zero-order valence-corrected chi connectivity index (χ0v) is 13.8. The van der Waals surface area contributed by atoms with Gasteiger partial charge < -0.3 is 4.90 Å². The third-order valence-electron chi connectivity index (χ3n) is 4.73. The Morgan fingerprint density at radius 2 is 2.17 bits per heavy atom. The molecule has 3 heterocycles. The van der Waals surface area contributed by atoms with E-state index in [1.54, 1.807) is 17.2 Å². The molecule has 2 aliphatic heterocycles. The molecule has 3 rings (SSSR count). The monoisotopic (exact) mass is 335 g/mol. The van der Waals surface area contributed by atoms with Crippen LogP contribution in [0.3, 0.4) is 0 Å². The number of fused-ring (bicyclic) bond motifs is 2. The predicted octanol–water partition coefficient (Wildman–Crippen LogP) is 0.976. The number of nitrogens with zero attached hydrogens (tertiary/aromatic N) is 3. The Hall–Kier alpha value is -1.73. The van der Waals surface area contributed by atoms with Crippen LogP contribution in [0.5, 0.6) is 0 Å². The molecule has 124 valence electrons. The number of hydrogen-bond acceptors (Lipinski definition) is 4. The molecule has 1 aromatic heterocycles. The van der Waals surface area contributed by atoms with Crippen LogP contribution < -0.4 is 0 Å². The molecule has 7 heteroatoms. The predicted molar refractivity (Wildman–Crippen MR) is 86.9 cm³/mol. The summed E-state index contributed by atoms with van der Waals surface area (Å²) in [4.78, 5) is 18.9. The lowest BCUT2D eigenvalue weighted by Crippen LogP contribution is -2.51. The van der Waals surface area contributed by atoms with Crippen LogP contribution in [0.4, 0.5) is 0 Å². The Balaban J connectivity index is 1.93. The molecule has 1 unspecified atom stereocenters. The van der Waals surface area contributed by atoms with Gasteiger partial charge in [0.15, 0.2) is 0 Å². The molecule has 1 amide bonds. The fourth-order valence-corrected chi connectivity index (χ4v) is 4.61. The number of hydrogen-bond donors (Lipinski definition) is 1. The number of thiol groups is 1. The van der Waals surface area contributed by atoms with Gasteiger partial charge in [-0.05, 0) is 31.4 Å². The maximum atomic E-state index is 12.9. The van der Waals surface area contributed by atoms with Gasteiger partial charge in [0.2, 0.25) is 16.8 Å². The van der Waals surface area contributed by atoms with Crippen LogP contribution in [0.2, 0.25) is 0 Å². The molecule has 2 aliphatic rings. The van der Waals surface area contributed by atoms with Crippen molar-refractivity contribution in [3.63, 3.8) is 0 Å². The molecule has 23 heavy (non-hydrogen) atoms. The topological polar surface area (TPSA) is 70.6 Å². The highest BCUT2D eigenvalue weighted by molar-refractivity contribution is 7.70. The molecular formula is C16H21N3O3S. The molecular weight excluding hydrogens is 314 g/mol. The van der Waals surface area contributed by atoms with E-state index in [2.05, 4.69) is 11.6 Å². The minimum atomic E-state index is -2.78. The third kappa shape index (κ3) is 3.16. The summed E-state index contributed by atoms with van der Waals surface area (Å²) in [6, 6.07) is 4.85. The Kier molecular flexibility index (Phi) is 4.77. The number of pyridine rings is 1. The summed E-state index contributed by atoms with van der Waals surface area (Å²) in [6.45, 7) is 4.74. The van der Waals surface area contributed by atoms with E-state index in [9.17, 15) is 13.2 Å². The lowest BCUT2D eigenvalue weighted by molar-refractivity contribution is -0.135. The lowest BCUT2D eigenvalue weighted by Gasteiger charge is -2.36. The van der Waals surface area contributed by atoms with Crippen molar-refractivity contribution in [1.29, 1.82) is 0 Å². The summed E-state index contributed by atoms with van der Waals surface area (Å²) >= 11 is 0. The number of carbonyl (C=O) groups is 1. The van der Waals surface area contributed by atoms with E-state index in [-0.39, 0.29) is 17.9 Å². The van der Waals surface area contributed by atoms with Gasteiger partial charge in [-0.15, -0.1) is 6.58 Å². The molecule has 0 saturated carbocycles. The van der Waals surface area contributed by atoms with Gasteiger partial charge in [0.05, 0.1) is 12.2 Å². The van der Waals surface area contributed by atoms with Crippen molar-refractivity contribution in [1.82, 2.24) is 14.2 Å². The fraction of sp³-hybridized carbons (Fsp3) is 0.500. The van der Waals surface area contributed by atoms with E-state index in [0.717, 1.165) is 18.5 Å². The number of rotatable bonds is 4. The van der Waals surface area contributed by atoms with Crippen LogP contribution in [0.15, 0.2) is 37.1 Å². The molecule has 2 saturated heterocycles. The van der Waals surface area contributed by atoms with Crippen LogP contribution >= 0.6 is 0 Å². The van der Waals surface area contributed by atoms with Crippen molar-refractivity contribution in [2.24, 2.45) is 5.92 Å². The highest BCUT2D eigenvalue weighted by Crippen LogP contribution is 2.33. The van der Waals surface area contributed by atoms with Crippen molar-refractivity contribution < 1.29 is 13.2 Å². The smallest absolute Gasteiger partial charge is 0.241 e. The van der Waals surface area contributed by atoms with Gasteiger partial charge in [0.1, 0.15) is 6.04 Å². The minimum absolute atomic E-state index is 0.0548. The number of carbonyl (C=O) groups excluding carboxylic acids is 1. The van der Waals surface area contributed by atoms with Gasteiger partial charge in [-0.3, -0.25) is 9.78 Å². The first-order valence-corrected chi connectivity index (χ1v) is 8.98. The second-order valence-electron chi connectivity index (χ2n) is 6.07. The number of aromatic nitrogens is 1. The molecule has 0 aliphatic carbocycles. The second-order valence-corrected chi connectivity index (χ2v) is 7.01. The zero-order chi connectivity index (χ0) is 16.4. The maximum Gasteiger partial charge on any atom is 0.241 e. The largest absolute Gasteiger partial charge is 0.335 e. The summed E-state index contributed by atoms with van der Waals surface area (Å²) < 4.78 is 24.9. The van der Waals surface area contributed by atoms with E-state index < -0.39 is 16.9 Å². The van der Waals surface area contributed by atoms with Gasteiger partial charge in [-0.25, -0.2) is 8.42 Å². The van der Waals surface area contributed by atoms with Crippen LogP contribution in [0.1, 0.15) is 25.0 Å². The Morgan fingerprint density at radius 3 is 2.83 bits per heavy atom. The molecule has 0 radical (unpaired) electrons. The van der Waals surface area contributed by atoms with Crippen LogP contribution in [0, 0.1) is 5.92 Å². The summed E-state index contributed by atoms with van der Waals surface area (Å²) in [5.74, 6) is -0.176. The van der Waals surface area contributed by atoms with Crippen molar-refractivity contribution in [2.75, 3.05) is 6.54 Å². The average Bonchev–Trinajstić information content (AvgIpc) is 2.63. The molecule has 0 aromatic carbocycles. The van der Waals surface area contributed by atoms with Gasteiger partial charge in [-0.1, -0.05) is 12.1 Å². The highest BCUT2D eigenvalue weighted by Gasteiger charge is 2.45. The van der Waals surface area contributed by atoms with Gasteiger partial charge >= 0.3 is 0 Å². The van der Waals surface area contributed by atoms with Crippen LogP contribution in [0.25, 0.3) is 0 Å². The van der Waals surface area contributed by atoms with E-state index in [4.69, 9.17) is 0 Å². The van der Waals surface area contributed by atoms with Crippen LogP contribution in [-0.2, 0) is 22.2 Å². The summed E-state index contributed by atoms with van der Waals surface area (Å²) in [7, 11) is -2.78. The van der Waals surface area contributed by atoms with E-state index in [1.807, 2.05) is 18.2 Å². The Bertz CT molecular complexity index is 654. The molecule has 0 N–H and O–H groups in total. The highest BCUT2D eigenvalue weighted by atomic mass is 32.2. The van der Waals surface area contributed by atoms with Crippen molar-refractivity contribution in [2.45, 2.75) is 37.9 Å². The molecule has 2 fully saturated rings. The molecule has 2 bridgehead atoms. The molecule has 1 aromatic rings.